The minimum Gasteiger partial charge on any atom is -0.490 e. The summed E-state index contributed by atoms with van der Waals surface area (Å²) in [5.74, 6) is 1.09. The summed E-state index contributed by atoms with van der Waals surface area (Å²) < 4.78 is 5.95. The molecule has 1 N–H and O–H groups in total. The molecule has 1 aliphatic heterocycles. The zero-order valence-electron chi connectivity index (χ0n) is 15.9. The number of nitrogens with zero attached hydrogens (tertiary/aromatic N) is 1. The van der Waals surface area contributed by atoms with Crippen LogP contribution >= 0.6 is 0 Å². The Balaban J connectivity index is 1.46. The van der Waals surface area contributed by atoms with Crippen LogP contribution in [0, 0.1) is 11.8 Å². The monoisotopic (exact) mass is 358 g/mol. The van der Waals surface area contributed by atoms with Crippen LogP contribution in [0.4, 0.5) is 5.69 Å². The molecule has 0 aromatic heterocycles. The van der Waals surface area contributed by atoms with E-state index in [-0.39, 0.29) is 23.7 Å². The fraction of sp³-hybridized carbons (Fsp3) is 0.619. The number of carbonyl (C=O) groups excluding carboxylic acids is 2. The summed E-state index contributed by atoms with van der Waals surface area (Å²) in [5.41, 5.74) is 0.800. The maximum Gasteiger partial charge on any atom is 0.227 e. The molecule has 2 aliphatic rings. The van der Waals surface area contributed by atoms with Crippen molar-refractivity contribution in [3.8, 4) is 5.75 Å². The van der Waals surface area contributed by atoms with Crippen molar-refractivity contribution in [2.75, 3.05) is 18.4 Å². The van der Waals surface area contributed by atoms with Crippen molar-refractivity contribution in [3.05, 3.63) is 24.3 Å². The molecule has 0 unspecified atom stereocenters. The Kier molecular flexibility index (Phi) is 6.17. The van der Waals surface area contributed by atoms with Crippen molar-refractivity contribution < 1.29 is 14.3 Å². The lowest BCUT2D eigenvalue weighted by Crippen LogP contribution is -2.43. The molecular weight excluding hydrogens is 328 g/mol. The first-order valence-corrected chi connectivity index (χ1v) is 9.89. The minimum atomic E-state index is -0.0272. The molecule has 1 saturated carbocycles. The van der Waals surface area contributed by atoms with E-state index in [1.807, 2.05) is 43.0 Å². The third kappa shape index (κ3) is 4.77. The molecule has 5 heteroatoms. The Morgan fingerprint density at radius 1 is 1.04 bits per heavy atom. The van der Waals surface area contributed by atoms with E-state index in [9.17, 15) is 9.59 Å². The van der Waals surface area contributed by atoms with Gasteiger partial charge in [0.2, 0.25) is 11.8 Å². The first kappa shape index (κ1) is 18.7. The quantitative estimate of drug-likeness (QED) is 0.870. The van der Waals surface area contributed by atoms with Crippen LogP contribution in [0.15, 0.2) is 24.3 Å². The number of rotatable bonds is 5. The molecule has 2 fully saturated rings. The molecule has 1 aromatic rings. The van der Waals surface area contributed by atoms with Gasteiger partial charge in [0, 0.05) is 30.6 Å². The maximum atomic E-state index is 12.5. The Bertz CT molecular complexity index is 613. The first-order valence-electron chi connectivity index (χ1n) is 9.89. The lowest BCUT2D eigenvalue weighted by Gasteiger charge is -2.32. The van der Waals surface area contributed by atoms with Crippen LogP contribution < -0.4 is 10.1 Å². The standard InChI is InChI=1S/C21H30N2O3/c1-15(2)21(25)23-13-11-16(12-14-23)20(24)22-17-7-9-19(10-8-17)26-18-5-3-4-6-18/h7-10,15-16,18H,3-6,11-14H2,1-2H3,(H,22,24). The van der Waals surface area contributed by atoms with Crippen molar-refractivity contribution in [3.63, 3.8) is 0 Å². The summed E-state index contributed by atoms with van der Waals surface area (Å²) in [5, 5.41) is 3.00. The van der Waals surface area contributed by atoms with Crippen molar-refractivity contribution >= 4 is 17.5 Å². The number of nitrogens with one attached hydrogen (secondary N) is 1. The number of piperidine rings is 1. The van der Waals surface area contributed by atoms with Gasteiger partial charge in [-0.15, -0.1) is 0 Å². The van der Waals surface area contributed by atoms with E-state index in [0.29, 0.717) is 19.2 Å². The number of hydrogen-bond acceptors (Lipinski definition) is 3. The molecule has 1 saturated heterocycles. The van der Waals surface area contributed by atoms with Crippen LogP contribution in [-0.4, -0.2) is 35.9 Å². The average molecular weight is 358 g/mol. The largest absolute Gasteiger partial charge is 0.490 e. The van der Waals surface area contributed by atoms with E-state index in [1.165, 1.54) is 12.8 Å². The van der Waals surface area contributed by atoms with Crippen LogP contribution in [0.3, 0.4) is 0 Å². The van der Waals surface area contributed by atoms with E-state index >= 15 is 0 Å². The Labute approximate surface area is 156 Å². The minimum absolute atomic E-state index is 0.0188. The number of hydrogen-bond donors (Lipinski definition) is 1. The highest BCUT2D eigenvalue weighted by Crippen LogP contribution is 2.26. The number of likely N-dealkylation sites (tertiary alicyclic amines) is 1. The Morgan fingerprint density at radius 2 is 1.65 bits per heavy atom. The number of benzene rings is 1. The highest BCUT2D eigenvalue weighted by atomic mass is 16.5. The van der Waals surface area contributed by atoms with Crippen molar-refractivity contribution in [2.45, 2.75) is 58.5 Å². The van der Waals surface area contributed by atoms with Gasteiger partial charge in [-0.25, -0.2) is 0 Å². The molecule has 1 aromatic carbocycles. The summed E-state index contributed by atoms with van der Waals surface area (Å²) in [6.07, 6.45) is 6.57. The van der Waals surface area contributed by atoms with E-state index in [0.717, 1.165) is 37.1 Å². The van der Waals surface area contributed by atoms with Gasteiger partial charge in [0.05, 0.1) is 6.10 Å². The fourth-order valence-electron chi connectivity index (χ4n) is 3.79. The van der Waals surface area contributed by atoms with Crippen molar-refractivity contribution in [2.24, 2.45) is 11.8 Å². The third-order valence-electron chi connectivity index (χ3n) is 5.40. The molecule has 142 valence electrons. The van der Waals surface area contributed by atoms with Gasteiger partial charge in [0.25, 0.3) is 0 Å². The molecule has 0 bridgehead atoms. The van der Waals surface area contributed by atoms with Crippen LogP contribution in [0.1, 0.15) is 52.4 Å². The highest BCUT2D eigenvalue weighted by molar-refractivity contribution is 5.92. The molecule has 2 amide bonds. The molecule has 1 heterocycles. The summed E-state index contributed by atoms with van der Waals surface area (Å²) >= 11 is 0. The smallest absolute Gasteiger partial charge is 0.227 e. The highest BCUT2D eigenvalue weighted by Gasteiger charge is 2.28. The number of carbonyl (C=O) groups is 2. The molecule has 0 atom stereocenters. The predicted molar refractivity (Wildman–Crippen MR) is 102 cm³/mol. The first-order chi connectivity index (χ1) is 12.5. The van der Waals surface area contributed by atoms with E-state index in [1.54, 1.807) is 0 Å². The summed E-state index contributed by atoms with van der Waals surface area (Å²) in [6, 6.07) is 7.66. The molecule has 5 nitrogen and oxygen atoms in total. The van der Waals surface area contributed by atoms with Crippen LogP contribution in [-0.2, 0) is 9.59 Å². The second kappa shape index (κ2) is 8.56. The van der Waals surface area contributed by atoms with Crippen molar-refractivity contribution in [1.29, 1.82) is 0 Å². The van der Waals surface area contributed by atoms with Gasteiger partial charge >= 0.3 is 0 Å². The Hall–Kier alpha value is -2.04. The molecule has 1 aliphatic carbocycles. The zero-order chi connectivity index (χ0) is 18.5. The summed E-state index contributed by atoms with van der Waals surface area (Å²) in [4.78, 5) is 26.4. The second-order valence-corrected chi connectivity index (χ2v) is 7.79. The van der Waals surface area contributed by atoms with Gasteiger partial charge in [0.15, 0.2) is 0 Å². The maximum absolute atomic E-state index is 12.5. The van der Waals surface area contributed by atoms with Gasteiger partial charge in [-0.3, -0.25) is 9.59 Å². The van der Waals surface area contributed by atoms with E-state index in [2.05, 4.69) is 5.32 Å². The van der Waals surface area contributed by atoms with Crippen molar-refractivity contribution in [1.82, 2.24) is 4.90 Å². The third-order valence-corrected chi connectivity index (χ3v) is 5.40. The molecule has 0 radical (unpaired) electrons. The number of anilines is 1. The van der Waals surface area contributed by atoms with E-state index in [4.69, 9.17) is 4.74 Å². The normalized spacial score (nSPS) is 19.0. The molecular formula is C21H30N2O3. The lowest BCUT2D eigenvalue weighted by molar-refractivity contribution is -0.137. The average Bonchev–Trinajstić information content (AvgIpc) is 3.16. The zero-order valence-corrected chi connectivity index (χ0v) is 15.9. The van der Waals surface area contributed by atoms with E-state index < -0.39 is 0 Å². The van der Waals surface area contributed by atoms with Gasteiger partial charge in [-0.1, -0.05) is 13.8 Å². The lowest BCUT2D eigenvalue weighted by atomic mass is 9.95. The fourth-order valence-corrected chi connectivity index (χ4v) is 3.79. The van der Waals surface area contributed by atoms with Gasteiger partial charge in [-0.05, 0) is 62.8 Å². The number of ether oxygens (including phenoxy) is 1. The van der Waals surface area contributed by atoms with Gasteiger partial charge in [-0.2, -0.15) is 0 Å². The summed E-state index contributed by atoms with van der Waals surface area (Å²) in [6.45, 7) is 5.18. The molecule has 26 heavy (non-hydrogen) atoms. The molecule has 0 spiro atoms. The van der Waals surface area contributed by atoms with Gasteiger partial charge < -0.3 is 15.0 Å². The Morgan fingerprint density at radius 3 is 2.23 bits per heavy atom. The van der Waals surface area contributed by atoms with Crippen LogP contribution in [0.25, 0.3) is 0 Å². The second-order valence-electron chi connectivity index (χ2n) is 7.79. The SMILES string of the molecule is CC(C)C(=O)N1CCC(C(=O)Nc2ccc(OC3CCCC3)cc2)CC1. The number of amides is 2. The summed E-state index contributed by atoms with van der Waals surface area (Å²) in [7, 11) is 0. The molecule has 3 rings (SSSR count). The predicted octanol–water partition coefficient (Wildman–Crippen LogP) is 3.84. The van der Waals surface area contributed by atoms with Crippen LogP contribution in [0.2, 0.25) is 0 Å². The van der Waals surface area contributed by atoms with Gasteiger partial charge in [0.1, 0.15) is 5.75 Å². The topological polar surface area (TPSA) is 58.6 Å². The van der Waals surface area contributed by atoms with Crippen LogP contribution in [0.5, 0.6) is 5.75 Å².